The van der Waals surface area contributed by atoms with Gasteiger partial charge in [0.25, 0.3) is 0 Å². The lowest BCUT2D eigenvalue weighted by Crippen LogP contribution is -2.28. The minimum atomic E-state index is -0.900. The van der Waals surface area contributed by atoms with Gasteiger partial charge in [0.1, 0.15) is 28.1 Å². The number of carbonyl (C=O) groups is 1. The number of carbonyl (C=O) groups excluding carboxylic acids is 1. The Labute approximate surface area is 224 Å². The van der Waals surface area contributed by atoms with Crippen molar-refractivity contribution < 1.29 is 18.7 Å². The second-order valence-electron chi connectivity index (χ2n) is 9.47. The molecule has 0 spiro atoms. The van der Waals surface area contributed by atoms with Crippen LogP contribution < -0.4 is 4.74 Å². The molecule has 0 aliphatic carbocycles. The second-order valence-corrected chi connectivity index (χ2v) is 12.5. The van der Waals surface area contributed by atoms with E-state index in [0.717, 1.165) is 11.1 Å². The third-order valence-electron chi connectivity index (χ3n) is 6.27. The number of fused-ring (bicyclic) bond motifs is 2. The Morgan fingerprint density at radius 1 is 0.865 bits per heavy atom. The molecule has 0 fully saturated rings. The molecular weight excluding hydrogens is 503 g/mol. The molecule has 1 aliphatic heterocycles. The van der Waals surface area contributed by atoms with Crippen LogP contribution in [-0.2, 0) is 26.0 Å². The normalized spacial score (nSPS) is 13.0. The zero-order valence-corrected chi connectivity index (χ0v) is 22.8. The fourth-order valence-corrected chi connectivity index (χ4v) is 8.43. The summed E-state index contributed by atoms with van der Waals surface area (Å²) in [5.41, 5.74) is 1.76. The molecule has 5 rings (SSSR count). The lowest BCUT2D eigenvalue weighted by Gasteiger charge is -2.26. The topological polar surface area (TPSA) is 35.5 Å². The van der Waals surface area contributed by atoms with Gasteiger partial charge in [0.05, 0.1) is 9.79 Å². The van der Waals surface area contributed by atoms with Gasteiger partial charge < -0.3 is 9.47 Å². The molecule has 0 unspecified atom stereocenters. The molecule has 0 radical (unpaired) electrons. The summed E-state index contributed by atoms with van der Waals surface area (Å²) in [5.74, 6) is -0.119. The van der Waals surface area contributed by atoms with E-state index in [-0.39, 0.29) is 23.3 Å². The van der Waals surface area contributed by atoms with Crippen LogP contribution in [0.25, 0.3) is 0 Å². The van der Waals surface area contributed by atoms with Crippen molar-refractivity contribution >= 4 is 28.6 Å². The maximum Gasteiger partial charge on any atom is 0.345 e. The summed E-state index contributed by atoms with van der Waals surface area (Å²) in [4.78, 5) is 19.1. The number of esters is 1. The highest BCUT2D eigenvalue weighted by molar-refractivity contribution is 8.04. The third-order valence-corrected chi connectivity index (χ3v) is 9.98. The van der Waals surface area contributed by atoms with E-state index in [1.54, 1.807) is 26.0 Å². The standard InChI is InChI=1S/C31H28FO3S2/c1-20-17-24(37-27-11-7-5-9-25(27)36-26-10-6-8-12-28(26)37)18-21(2)30(20)34-19-29(33)35-31(3,4)22-13-15-23(32)16-14-22/h5-18H,19H2,1-4H3/q+1. The second kappa shape index (κ2) is 10.3. The van der Waals surface area contributed by atoms with Crippen molar-refractivity contribution in [2.75, 3.05) is 6.61 Å². The summed E-state index contributed by atoms with van der Waals surface area (Å²) in [6.07, 6.45) is 0. The summed E-state index contributed by atoms with van der Waals surface area (Å²) < 4.78 is 24.9. The number of rotatable bonds is 6. The highest BCUT2D eigenvalue weighted by Gasteiger charge is 2.38. The lowest BCUT2D eigenvalue weighted by molar-refractivity contribution is -0.159. The number of benzene rings is 4. The highest BCUT2D eigenvalue weighted by Crippen LogP contribution is 2.48. The smallest absolute Gasteiger partial charge is 0.345 e. The van der Waals surface area contributed by atoms with Crippen LogP contribution in [0.2, 0.25) is 0 Å². The maximum absolute atomic E-state index is 13.3. The molecule has 4 aromatic carbocycles. The van der Waals surface area contributed by atoms with Gasteiger partial charge in [-0.15, -0.1) is 0 Å². The van der Waals surface area contributed by atoms with Crippen molar-refractivity contribution in [2.24, 2.45) is 0 Å². The summed E-state index contributed by atoms with van der Waals surface area (Å²) in [5, 5.41) is 0. The van der Waals surface area contributed by atoms with Crippen LogP contribution in [-0.4, -0.2) is 12.6 Å². The van der Waals surface area contributed by atoms with Gasteiger partial charge in [0, 0.05) is 12.1 Å². The van der Waals surface area contributed by atoms with Crippen LogP contribution >= 0.6 is 11.8 Å². The molecule has 0 saturated heterocycles. The highest BCUT2D eigenvalue weighted by atomic mass is 32.2. The Kier molecular flexibility index (Phi) is 7.06. The first-order chi connectivity index (χ1) is 17.7. The first-order valence-corrected chi connectivity index (χ1v) is 14.1. The quantitative estimate of drug-likeness (QED) is 0.165. The third kappa shape index (κ3) is 5.27. The summed E-state index contributed by atoms with van der Waals surface area (Å²) >= 11 is 1.82. The van der Waals surface area contributed by atoms with Gasteiger partial charge in [-0.3, -0.25) is 0 Å². The molecule has 0 N–H and O–H groups in total. The van der Waals surface area contributed by atoms with Gasteiger partial charge in [0.2, 0.25) is 0 Å². The van der Waals surface area contributed by atoms with Crippen molar-refractivity contribution in [2.45, 2.75) is 57.8 Å². The molecule has 0 bridgehead atoms. The van der Waals surface area contributed by atoms with E-state index >= 15 is 0 Å². The van der Waals surface area contributed by atoms with Crippen LogP contribution in [0, 0.1) is 19.7 Å². The Bertz CT molecular complexity index is 1400. The average molecular weight is 532 g/mol. The number of halogens is 1. The zero-order valence-electron chi connectivity index (χ0n) is 21.2. The van der Waals surface area contributed by atoms with Crippen molar-refractivity contribution in [3.63, 3.8) is 0 Å². The van der Waals surface area contributed by atoms with E-state index in [1.807, 2.05) is 25.6 Å². The summed E-state index contributed by atoms with van der Waals surface area (Å²) in [6.45, 7) is 7.38. The number of hydrogen-bond donors (Lipinski definition) is 0. The van der Waals surface area contributed by atoms with E-state index < -0.39 is 11.6 Å². The SMILES string of the molecule is Cc1cc([S+]2c3ccccc3Sc3ccccc32)cc(C)c1OCC(=O)OC(C)(C)c1ccc(F)cc1. The Hall–Kier alpha value is -3.22. The van der Waals surface area contributed by atoms with E-state index in [2.05, 4.69) is 60.7 Å². The number of aryl methyl sites for hydroxylation is 2. The van der Waals surface area contributed by atoms with Gasteiger partial charge in [-0.25, -0.2) is 9.18 Å². The van der Waals surface area contributed by atoms with Gasteiger partial charge in [-0.2, -0.15) is 0 Å². The van der Waals surface area contributed by atoms with E-state index in [1.165, 1.54) is 36.6 Å². The van der Waals surface area contributed by atoms with Gasteiger partial charge >= 0.3 is 5.97 Å². The minimum absolute atomic E-state index is 0.209. The van der Waals surface area contributed by atoms with Crippen molar-refractivity contribution in [1.82, 2.24) is 0 Å². The molecule has 1 aliphatic rings. The predicted octanol–water partition coefficient (Wildman–Crippen LogP) is 7.86. The van der Waals surface area contributed by atoms with Crippen LogP contribution in [0.3, 0.4) is 0 Å². The average Bonchev–Trinajstić information content (AvgIpc) is 2.86. The van der Waals surface area contributed by atoms with Crippen molar-refractivity contribution in [3.8, 4) is 5.75 Å². The van der Waals surface area contributed by atoms with Gasteiger partial charge in [-0.05, 0) is 80.8 Å². The molecule has 0 saturated carbocycles. The zero-order chi connectivity index (χ0) is 26.2. The predicted molar refractivity (Wildman–Crippen MR) is 146 cm³/mol. The first-order valence-electron chi connectivity index (χ1n) is 12.0. The van der Waals surface area contributed by atoms with Crippen molar-refractivity contribution in [1.29, 1.82) is 0 Å². The van der Waals surface area contributed by atoms with E-state index in [0.29, 0.717) is 11.3 Å². The molecule has 3 nitrogen and oxygen atoms in total. The van der Waals surface area contributed by atoms with Crippen LogP contribution in [0.5, 0.6) is 5.75 Å². The molecule has 0 amide bonds. The van der Waals surface area contributed by atoms with E-state index in [4.69, 9.17) is 9.47 Å². The fourth-order valence-electron chi connectivity index (χ4n) is 4.51. The van der Waals surface area contributed by atoms with Crippen molar-refractivity contribution in [3.05, 3.63) is 107 Å². The van der Waals surface area contributed by atoms with Gasteiger partial charge in [0.15, 0.2) is 21.3 Å². The van der Waals surface area contributed by atoms with Crippen LogP contribution in [0.15, 0.2) is 109 Å². The monoisotopic (exact) mass is 531 g/mol. The Morgan fingerprint density at radius 3 is 1.97 bits per heavy atom. The number of hydrogen-bond acceptors (Lipinski definition) is 4. The molecule has 6 heteroatoms. The van der Waals surface area contributed by atoms with Crippen LogP contribution in [0.1, 0.15) is 30.5 Å². The largest absolute Gasteiger partial charge is 0.481 e. The Morgan fingerprint density at radius 2 is 1.41 bits per heavy atom. The maximum atomic E-state index is 13.3. The minimum Gasteiger partial charge on any atom is -0.481 e. The first kappa shape index (κ1) is 25.4. The fraction of sp³-hybridized carbons (Fsp3) is 0.194. The lowest BCUT2D eigenvalue weighted by atomic mass is 9.98. The molecule has 188 valence electrons. The molecule has 1 heterocycles. The molecule has 4 aromatic rings. The van der Waals surface area contributed by atoms with E-state index in [9.17, 15) is 9.18 Å². The van der Waals surface area contributed by atoms with Gasteiger partial charge in [-0.1, -0.05) is 48.2 Å². The number of ether oxygens (including phenoxy) is 2. The van der Waals surface area contributed by atoms with Crippen LogP contribution in [0.4, 0.5) is 4.39 Å². The Balaban J connectivity index is 1.36. The molecule has 37 heavy (non-hydrogen) atoms. The molecular formula is C31H28FO3S2+. The molecule has 0 atom stereocenters. The molecule has 0 aromatic heterocycles. The summed E-state index contributed by atoms with van der Waals surface area (Å²) in [6, 6.07) is 27.5. The summed E-state index contributed by atoms with van der Waals surface area (Å²) in [7, 11) is -0.231.